The predicted molar refractivity (Wildman–Crippen MR) is 88.8 cm³/mol. The predicted octanol–water partition coefficient (Wildman–Crippen LogP) is 4.37. The Balaban J connectivity index is 1.82. The number of aryl methyl sites for hydroxylation is 1. The van der Waals surface area contributed by atoms with Crippen molar-refractivity contribution >= 4 is 0 Å². The molecule has 0 aliphatic rings. The maximum absolute atomic E-state index is 5.88. The molecule has 0 bridgehead atoms. The first-order valence-corrected chi connectivity index (χ1v) is 7.77. The molecule has 0 aliphatic heterocycles. The third-order valence-electron chi connectivity index (χ3n) is 3.74. The molecule has 0 aliphatic carbocycles. The molecule has 0 aromatic heterocycles. The van der Waals surface area contributed by atoms with Gasteiger partial charge in [0.05, 0.1) is 6.61 Å². The zero-order valence-corrected chi connectivity index (χ0v) is 13.0. The van der Waals surface area contributed by atoms with Gasteiger partial charge in [0, 0.05) is 6.04 Å². The first-order valence-electron chi connectivity index (χ1n) is 7.77. The molecule has 21 heavy (non-hydrogen) atoms. The lowest BCUT2D eigenvalue weighted by molar-refractivity contribution is 0.310. The Bertz CT molecular complexity index is 520. The second-order valence-corrected chi connectivity index (χ2v) is 5.26. The van der Waals surface area contributed by atoms with E-state index in [1.807, 2.05) is 13.1 Å². The summed E-state index contributed by atoms with van der Waals surface area (Å²) in [4.78, 5) is 0. The van der Waals surface area contributed by atoms with Crippen molar-refractivity contribution in [2.75, 3.05) is 13.7 Å². The van der Waals surface area contributed by atoms with Crippen LogP contribution in [0.1, 0.15) is 36.9 Å². The summed E-state index contributed by atoms with van der Waals surface area (Å²) in [5.74, 6) is 0.967. The fourth-order valence-electron chi connectivity index (χ4n) is 2.54. The van der Waals surface area contributed by atoms with Crippen LogP contribution in [0, 0.1) is 0 Å². The molecule has 0 spiro atoms. The maximum atomic E-state index is 5.88. The van der Waals surface area contributed by atoms with Crippen LogP contribution < -0.4 is 10.1 Å². The van der Waals surface area contributed by atoms with Crippen LogP contribution in [-0.4, -0.2) is 13.7 Å². The van der Waals surface area contributed by atoms with Crippen LogP contribution in [0.15, 0.2) is 54.6 Å². The number of ether oxygens (including phenoxy) is 1. The average molecular weight is 283 g/mol. The molecule has 0 saturated heterocycles. The lowest BCUT2D eigenvalue weighted by atomic mass is 10.0. The lowest BCUT2D eigenvalue weighted by Gasteiger charge is -2.15. The Morgan fingerprint density at radius 3 is 2.57 bits per heavy atom. The van der Waals surface area contributed by atoms with Crippen molar-refractivity contribution in [3.8, 4) is 5.75 Å². The van der Waals surface area contributed by atoms with Crippen LogP contribution in [0.3, 0.4) is 0 Å². The van der Waals surface area contributed by atoms with Gasteiger partial charge in [-0.25, -0.2) is 0 Å². The number of nitrogens with one attached hydrogen (secondary N) is 1. The van der Waals surface area contributed by atoms with Crippen molar-refractivity contribution in [2.45, 2.75) is 32.2 Å². The Morgan fingerprint density at radius 2 is 1.86 bits per heavy atom. The van der Waals surface area contributed by atoms with Crippen molar-refractivity contribution in [3.63, 3.8) is 0 Å². The van der Waals surface area contributed by atoms with E-state index in [1.54, 1.807) is 0 Å². The van der Waals surface area contributed by atoms with Crippen LogP contribution in [-0.2, 0) is 6.42 Å². The van der Waals surface area contributed by atoms with E-state index in [0.717, 1.165) is 31.6 Å². The molecule has 0 radical (unpaired) electrons. The van der Waals surface area contributed by atoms with E-state index < -0.39 is 0 Å². The molecule has 1 N–H and O–H groups in total. The quantitative estimate of drug-likeness (QED) is 0.726. The molecule has 0 heterocycles. The van der Waals surface area contributed by atoms with Gasteiger partial charge in [-0.05, 0) is 49.6 Å². The SMILES string of the molecule is CCC(NC)c1cccc(OCCCc2ccccc2)c1. The molecule has 2 heteroatoms. The summed E-state index contributed by atoms with van der Waals surface area (Å²) < 4.78 is 5.88. The summed E-state index contributed by atoms with van der Waals surface area (Å²) in [7, 11) is 2.00. The molecule has 2 rings (SSSR count). The van der Waals surface area contributed by atoms with Gasteiger partial charge in [-0.15, -0.1) is 0 Å². The van der Waals surface area contributed by atoms with Crippen LogP contribution in [0.2, 0.25) is 0 Å². The van der Waals surface area contributed by atoms with E-state index in [2.05, 4.69) is 60.8 Å². The second kappa shape index (κ2) is 8.48. The van der Waals surface area contributed by atoms with E-state index in [0.29, 0.717) is 6.04 Å². The first kappa shape index (κ1) is 15.6. The van der Waals surface area contributed by atoms with Crippen LogP contribution in [0.4, 0.5) is 0 Å². The van der Waals surface area contributed by atoms with Gasteiger partial charge >= 0.3 is 0 Å². The van der Waals surface area contributed by atoms with E-state index in [-0.39, 0.29) is 0 Å². The normalized spacial score (nSPS) is 12.1. The van der Waals surface area contributed by atoms with Gasteiger partial charge in [0.25, 0.3) is 0 Å². The topological polar surface area (TPSA) is 21.3 Å². The third kappa shape index (κ3) is 4.91. The fraction of sp³-hybridized carbons (Fsp3) is 0.368. The maximum Gasteiger partial charge on any atom is 0.119 e. The van der Waals surface area contributed by atoms with Gasteiger partial charge in [0.15, 0.2) is 0 Å². The standard InChI is InChI=1S/C19H25NO/c1-3-19(20-2)17-12-7-13-18(15-17)21-14-8-11-16-9-5-4-6-10-16/h4-7,9-10,12-13,15,19-20H,3,8,11,14H2,1-2H3. The average Bonchev–Trinajstić information content (AvgIpc) is 2.54. The summed E-state index contributed by atoms with van der Waals surface area (Å²) in [6.45, 7) is 2.95. The molecule has 2 aromatic carbocycles. The van der Waals surface area contributed by atoms with Gasteiger partial charge in [0.2, 0.25) is 0 Å². The van der Waals surface area contributed by atoms with Crippen molar-refractivity contribution in [1.29, 1.82) is 0 Å². The smallest absolute Gasteiger partial charge is 0.119 e. The highest BCUT2D eigenvalue weighted by Gasteiger charge is 2.07. The van der Waals surface area contributed by atoms with Crippen molar-refractivity contribution in [2.24, 2.45) is 0 Å². The van der Waals surface area contributed by atoms with Crippen molar-refractivity contribution in [3.05, 3.63) is 65.7 Å². The molecule has 112 valence electrons. The third-order valence-corrected chi connectivity index (χ3v) is 3.74. The van der Waals surface area contributed by atoms with Gasteiger partial charge in [0.1, 0.15) is 5.75 Å². The highest BCUT2D eigenvalue weighted by Crippen LogP contribution is 2.21. The highest BCUT2D eigenvalue weighted by atomic mass is 16.5. The summed E-state index contributed by atoms with van der Waals surface area (Å²) in [5, 5.41) is 3.33. The molecule has 1 unspecified atom stereocenters. The van der Waals surface area contributed by atoms with Gasteiger partial charge in [-0.1, -0.05) is 49.4 Å². The molecular weight excluding hydrogens is 258 g/mol. The first-order chi connectivity index (χ1) is 10.3. The summed E-state index contributed by atoms with van der Waals surface area (Å²) in [5.41, 5.74) is 2.66. The Labute approximate surface area is 128 Å². The van der Waals surface area contributed by atoms with Crippen molar-refractivity contribution in [1.82, 2.24) is 5.32 Å². The van der Waals surface area contributed by atoms with Gasteiger partial charge < -0.3 is 10.1 Å². The summed E-state index contributed by atoms with van der Waals surface area (Å²) >= 11 is 0. The molecule has 2 aromatic rings. The minimum atomic E-state index is 0.401. The molecule has 2 nitrogen and oxygen atoms in total. The van der Waals surface area contributed by atoms with Crippen LogP contribution >= 0.6 is 0 Å². The minimum absolute atomic E-state index is 0.401. The zero-order chi connectivity index (χ0) is 14.9. The largest absolute Gasteiger partial charge is 0.494 e. The number of benzene rings is 2. The monoisotopic (exact) mass is 283 g/mol. The molecular formula is C19H25NO. The Hall–Kier alpha value is -1.80. The van der Waals surface area contributed by atoms with E-state index >= 15 is 0 Å². The van der Waals surface area contributed by atoms with E-state index in [9.17, 15) is 0 Å². The molecule has 1 atom stereocenters. The number of rotatable bonds is 8. The molecule has 0 saturated carbocycles. The number of hydrogen-bond acceptors (Lipinski definition) is 2. The van der Waals surface area contributed by atoms with Crippen LogP contribution in [0.5, 0.6) is 5.75 Å². The van der Waals surface area contributed by atoms with Gasteiger partial charge in [-0.2, -0.15) is 0 Å². The minimum Gasteiger partial charge on any atom is -0.494 e. The Morgan fingerprint density at radius 1 is 1.05 bits per heavy atom. The zero-order valence-electron chi connectivity index (χ0n) is 13.0. The fourth-order valence-corrected chi connectivity index (χ4v) is 2.54. The molecule has 0 amide bonds. The highest BCUT2D eigenvalue weighted by molar-refractivity contribution is 5.30. The second-order valence-electron chi connectivity index (χ2n) is 5.26. The lowest BCUT2D eigenvalue weighted by Crippen LogP contribution is -2.15. The van der Waals surface area contributed by atoms with Crippen LogP contribution in [0.25, 0.3) is 0 Å². The van der Waals surface area contributed by atoms with E-state index in [1.165, 1.54) is 11.1 Å². The van der Waals surface area contributed by atoms with Crippen molar-refractivity contribution < 1.29 is 4.74 Å². The summed E-state index contributed by atoms with van der Waals surface area (Å²) in [6.07, 6.45) is 3.18. The molecule has 0 fully saturated rings. The van der Waals surface area contributed by atoms with Gasteiger partial charge in [-0.3, -0.25) is 0 Å². The summed E-state index contributed by atoms with van der Waals surface area (Å²) in [6, 6.07) is 19.4. The Kier molecular flexibility index (Phi) is 6.29. The van der Waals surface area contributed by atoms with E-state index in [4.69, 9.17) is 4.74 Å². The number of hydrogen-bond donors (Lipinski definition) is 1.